The van der Waals surface area contributed by atoms with E-state index in [1.54, 1.807) is 12.1 Å². The highest BCUT2D eigenvalue weighted by Crippen LogP contribution is 2.30. The molecule has 0 atom stereocenters. The molecule has 1 amide bonds. The van der Waals surface area contributed by atoms with Crippen LogP contribution in [-0.2, 0) is 0 Å². The van der Waals surface area contributed by atoms with E-state index in [1.807, 2.05) is 0 Å². The van der Waals surface area contributed by atoms with Gasteiger partial charge in [-0.25, -0.2) is 5.48 Å². The van der Waals surface area contributed by atoms with Crippen molar-refractivity contribution in [1.82, 2.24) is 5.48 Å². The fourth-order valence-corrected chi connectivity index (χ4v) is 2.09. The quantitative estimate of drug-likeness (QED) is 0.345. The van der Waals surface area contributed by atoms with Crippen LogP contribution in [0.15, 0.2) is 36.4 Å². The predicted octanol–water partition coefficient (Wildman–Crippen LogP) is 3.09. The number of terminal acetylenes is 1. The number of nitrogens with zero attached hydrogens (tertiary/aromatic N) is 1. The number of hydrogen-bond donors (Lipinski definition) is 3. The Morgan fingerprint density at radius 1 is 1.26 bits per heavy atom. The Hall–Kier alpha value is -3.08. The number of nitro benzene ring substituents is 1. The first-order valence-corrected chi connectivity index (χ1v) is 6.60. The summed E-state index contributed by atoms with van der Waals surface area (Å²) in [7, 11) is 0. The second-order valence-corrected chi connectivity index (χ2v) is 4.80. The fraction of sp³-hybridized carbons (Fsp3) is 0. The van der Waals surface area contributed by atoms with Crippen molar-refractivity contribution >= 4 is 34.6 Å². The van der Waals surface area contributed by atoms with Crippen LogP contribution in [0, 0.1) is 22.5 Å². The van der Waals surface area contributed by atoms with Crippen molar-refractivity contribution in [2.24, 2.45) is 0 Å². The summed E-state index contributed by atoms with van der Waals surface area (Å²) in [6.45, 7) is 0. The minimum Gasteiger partial charge on any atom is -0.353 e. The monoisotopic (exact) mass is 331 g/mol. The highest BCUT2D eigenvalue weighted by molar-refractivity contribution is 6.33. The molecule has 0 bridgehead atoms. The molecule has 8 heteroatoms. The number of hydrogen-bond acceptors (Lipinski definition) is 5. The van der Waals surface area contributed by atoms with Crippen molar-refractivity contribution in [3.05, 3.63) is 62.7 Å². The van der Waals surface area contributed by atoms with Crippen molar-refractivity contribution in [2.45, 2.75) is 0 Å². The predicted molar refractivity (Wildman–Crippen MR) is 85.0 cm³/mol. The Morgan fingerprint density at radius 2 is 2.00 bits per heavy atom. The van der Waals surface area contributed by atoms with Gasteiger partial charge in [-0.3, -0.25) is 20.1 Å². The largest absolute Gasteiger partial charge is 0.353 e. The van der Waals surface area contributed by atoms with Gasteiger partial charge in [0.15, 0.2) is 0 Å². The number of hydroxylamine groups is 1. The van der Waals surface area contributed by atoms with Crippen molar-refractivity contribution < 1.29 is 14.9 Å². The first-order valence-electron chi connectivity index (χ1n) is 6.22. The van der Waals surface area contributed by atoms with Gasteiger partial charge in [-0.2, -0.15) is 0 Å². The minimum absolute atomic E-state index is 0.00944. The number of carbonyl (C=O) groups excluding carboxylic acids is 1. The lowest BCUT2D eigenvalue weighted by molar-refractivity contribution is -0.384. The van der Waals surface area contributed by atoms with Gasteiger partial charge in [0, 0.05) is 17.7 Å². The first kappa shape index (κ1) is 16.3. The average Bonchev–Trinajstić information content (AvgIpc) is 2.55. The molecule has 0 spiro atoms. The Balaban J connectivity index is 2.48. The van der Waals surface area contributed by atoms with E-state index in [4.69, 9.17) is 23.2 Å². The lowest BCUT2D eigenvalue weighted by atomic mass is 10.1. The molecule has 7 nitrogen and oxygen atoms in total. The molecule has 2 aromatic carbocycles. The summed E-state index contributed by atoms with van der Waals surface area (Å²) in [5.41, 5.74) is 2.34. The molecule has 0 radical (unpaired) electrons. The van der Waals surface area contributed by atoms with Crippen LogP contribution in [0.25, 0.3) is 0 Å². The van der Waals surface area contributed by atoms with Gasteiger partial charge in [-0.1, -0.05) is 17.5 Å². The van der Waals surface area contributed by atoms with Crippen LogP contribution >= 0.6 is 11.6 Å². The second-order valence-electron chi connectivity index (χ2n) is 4.39. The summed E-state index contributed by atoms with van der Waals surface area (Å²) in [6.07, 6.45) is 5.27. The molecule has 116 valence electrons. The van der Waals surface area contributed by atoms with Gasteiger partial charge >= 0.3 is 0 Å². The SMILES string of the molecule is C#Cc1ccc(Nc2cc([N+](=O)[O-])ccc2C(=O)NO)c(Cl)c1. The first-order chi connectivity index (χ1) is 11.0. The van der Waals surface area contributed by atoms with E-state index in [0.29, 0.717) is 11.3 Å². The third kappa shape index (κ3) is 3.58. The molecule has 0 aliphatic heterocycles. The third-order valence-electron chi connectivity index (χ3n) is 2.97. The fourth-order valence-electron chi connectivity index (χ4n) is 1.86. The summed E-state index contributed by atoms with van der Waals surface area (Å²) in [6, 6.07) is 8.27. The molecule has 3 N–H and O–H groups in total. The molecule has 0 aromatic heterocycles. The van der Waals surface area contributed by atoms with E-state index in [9.17, 15) is 14.9 Å². The van der Waals surface area contributed by atoms with Gasteiger partial charge in [0.25, 0.3) is 11.6 Å². The molecule has 0 aliphatic rings. The molecule has 0 saturated heterocycles. The number of nitro groups is 1. The topological polar surface area (TPSA) is 105 Å². The van der Waals surface area contributed by atoms with Crippen LogP contribution in [0.4, 0.5) is 17.1 Å². The number of nitrogens with one attached hydrogen (secondary N) is 2. The summed E-state index contributed by atoms with van der Waals surface area (Å²) in [4.78, 5) is 21.9. The third-order valence-corrected chi connectivity index (χ3v) is 3.28. The minimum atomic E-state index is -0.821. The molecular formula is C15H10ClN3O4. The van der Waals surface area contributed by atoms with E-state index in [1.165, 1.54) is 17.6 Å². The smallest absolute Gasteiger partial charge is 0.276 e. The van der Waals surface area contributed by atoms with Crippen molar-refractivity contribution in [3.63, 3.8) is 0 Å². The second kappa shape index (κ2) is 6.79. The van der Waals surface area contributed by atoms with E-state index < -0.39 is 10.8 Å². The number of benzene rings is 2. The van der Waals surface area contributed by atoms with E-state index in [-0.39, 0.29) is 22.0 Å². The zero-order chi connectivity index (χ0) is 17.0. The van der Waals surface area contributed by atoms with E-state index in [2.05, 4.69) is 11.2 Å². The number of anilines is 2. The van der Waals surface area contributed by atoms with Crippen molar-refractivity contribution in [1.29, 1.82) is 0 Å². The molecular weight excluding hydrogens is 322 g/mol. The zero-order valence-electron chi connectivity index (χ0n) is 11.5. The lowest BCUT2D eigenvalue weighted by Crippen LogP contribution is -2.20. The molecule has 2 rings (SSSR count). The van der Waals surface area contributed by atoms with Crippen LogP contribution in [0.2, 0.25) is 5.02 Å². The van der Waals surface area contributed by atoms with E-state index >= 15 is 0 Å². The summed E-state index contributed by atoms with van der Waals surface area (Å²) in [5.74, 6) is 1.60. The molecule has 23 heavy (non-hydrogen) atoms. The summed E-state index contributed by atoms with van der Waals surface area (Å²) in [5, 5.41) is 22.8. The number of rotatable bonds is 4. The summed E-state index contributed by atoms with van der Waals surface area (Å²) < 4.78 is 0. The van der Waals surface area contributed by atoms with Crippen molar-refractivity contribution in [2.75, 3.05) is 5.32 Å². The Bertz CT molecular complexity index is 830. The van der Waals surface area contributed by atoms with Gasteiger partial charge < -0.3 is 5.32 Å². The summed E-state index contributed by atoms with van der Waals surface area (Å²) >= 11 is 6.08. The van der Waals surface area contributed by atoms with Gasteiger partial charge in [0.2, 0.25) is 0 Å². The molecule has 2 aromatic rings. The van der Waals surface area contributed by atoms with Crippen molar-refractivity contribution in [3.8, 4) is 12.3 Å². The van der Waals surface area contributed by atoms with Crippen LogP contribution in [0.5, 0.6) is 0 Å². The molecule has 0 unspecified atom stereocenters. The lowest BCUT2D eigenvalue weighted by Gasteiger charge is -2.12. The number of carbonyl (C=O) groups is 1. The maximum absolute atomic E-state index is 11.7. The highest BCUT2D eigenvalue weighted by Gasteiger charge is 2.16. The maximum Gasteiger partial charge on any atom is 0.276 e. The van der Waals surface area contributed by atoms with Crippen LogP contribution in [0.3, 0.4) is 0 Å². The molecule has 0 fully saturated rings. The average molecular weight is 332 g/mol. The Morgan fingerprint density at radius 3 is 2.57 bits per heavy atom. The number of amides is 1. The molecule has 0 saturated carbocycles. The van der Waals surface area contributed by atoms with Gasteiger partial charge in [0.05, 0.1) is 26.9 Å². The maximum atomic E-state index is 11.7. The molecule has 0 heterocycles. The number of non-ortho nitro benzene ring substituents is 1. The van der Waals surface area contributed by atoms with Crippen LogP contribution < -0.4 is 10.8 Å². The Kier molecular flexibility index (Phi) is 4.81. The highest BCUT2D eigenvalue weighted by atomic mass is 35.5. The van der Waals surface area contributed by atoms with Crippen LogP contribution in [0.1, 0.15) is 15.9 Å². The zero-order valence-corrected chi connectivity index (χ0v) is 12.3. The number of halogens is 1. The normalized spacial score (nSPS) is 9.78. The Labute approximate surface area is 136 Å². The van der Waals surface area contributed by atoms with Crippen LogP contribution in [-0.4, -0.2) is 16.0 Å². The van der Waals surface area contributed by atoms with Gasteiger partial charge in [-0.15, -0.1) is 6.42 Å². The standard InChI is InChI=1S/C15H10ClN3O4/c1-2-9-3-6-13(12(16)7-9)17-14-8-10(19(22)23)4-5-11(14)15(20)18-21/h1,3-8,17,21H,(H,18,20). The molecule has 0 aliphatic carbocycles. The van der Waals surface area contributed by atoms with Gasteiger partial charge in [0.1, 0.15) is 0 Å². The van der Waals surface area contributed by atoms with E-state index in [0.717, 1.165) is 12.1 Å². The van der Waals surface area contributed by atoms with Gasteiger partial charge in [-0.05, 0) is 24.3 Å².